The highest BCUT2D eigenvalue weighted by Crippen LogP contribution is 0.861. The SMILES string of the molecule is Cl.Cl.Cl.Cl.[P+]. The third kappa shape index (κ3) is 28.5. The fourth-order valence-corrected chi connectivity index (χ4v) is 0. The van der Waals surface area contributed by atoms with Gasteiger partial charge in [-0.15, -0.1) is 49.6 Å². The number of halogens is 4. The molecule has 0 bridgehead atoms. The van der Waals surface area contributed by atoms with Gasteiger partial charge >= 0.3 is 9.90 Å². The topological polar surface area (TPSA) is 0 Å². The molecule has 0 amide bonds. The van der Waals surface area contributed by atoms with Gasteiger partial charge in [0.25, 0.3) is 0 Å². The number of rotatable bonds is 0. The summed E-state index contributed by atoms with van der Waals surface area (Å²) in [7, 11) is 0. The highest BCUT2D eigenvalue weighted by Gasteiger charge is 1.00. The van der Waals surface area contributed by atoms with Crippen LogP contribution in [0.15, 0.2) is 0 Å². The Labute approximate surface area is 59.7 Å². The van der Waals surface area contributed by atoms with Gasteiger partial charge in [0.1, 0.15) is 0 Å². The van der Waals surface area contributed by atoms with Gasteiger partial charge in [0.2, 0.25) is 0 Å². The van der Waals surface area contributed by atoms with E-state index in [1.54, 1.807) is 0 Å². The normalized spacial score (nSPS) is 0. The molecule has 0 aromatic rings. The van der Waals surface area contributed by atoms with Gasteiger partial charge in [-0.3, -0.25) is 0 Å². The quantitative estimate of drug-likeness (QED) is 0.498. The molecule has 0 nitrogen and oxygen atoms in total. The molecule has 4 radical (unpaired) electrons. The summed E-state index contributed by atoms with van der Waals surface area (Å²) in [5.41, 5.74) is 0. The Morgan fingerprint density at radius 3 is 0.400 bits per heavy atom. The molecule has 0 aliphatic rings. The van der Waals surface area contributed by atoms with E-state index in [0.717, 1.165) is 0 Å². The first-order chi connectivity index (χ1) is 0. The Morgan fingerprint density at radius 1 is 0.400 bits per heavy atom. The van der Waals surface area contributed by atoms with E-state index in [9.17, 15) is 0 Å². The largest absolute Gasteiger partial charge is 1.00 e. The molecular weight excluding hydrogens is 173 g/mol. The maximum atomic E-state index is 0. The maximum Gasteiger partial charge on any atom is 1.00 e. The highest BCUT2D eigenvalue weighted by molar-refractivity contribution is 6.92. The standard InChI is InChI=1S/4ClH.P/h4*1H;/q;;;;+1. The van der Waals surface area contributed by atoms with Crippen LogP contribution in [0, 0.1) is 0 Å². The van der Waals surface area contributed by atoms with Crippen molar-refractivity contribution in [1.29, 1.82) is 0 Å². The van der Waals surface area contributed by atoms with Crippen molar-refractivity contribution in [3.05, 3.63) is 0 Å². The summed E-state index contributed by atoms with van der Waals surface area (Å²) in [5, 5.41) is 0. The van der Waals surface area contributed by atoms with Crippen LogP contribution in [-0.2, 0) is 0 Å². The Hall–Kier alpha value is 1.59. The second kappa shape index (κ2) is 46.6. The van der Waals surface area contributed by atoms with Crippen molar-refractivity contribution in [3.8, 4) is 0 Å². The van der Waals surface area contributed by atoms with Gasteiger partial charge in [0, 0.05) is 0 Å². The van der Waals surface area contributed by atoms with Crippen molar-refractivity contribution >= 4 is 59.5 Å². The third-order valence-corrected chi connectivity index (χ3v) is 0. The molecule has 5 heavy (non-hydrogen) atoms. The van der Waals surface area contributed by atoms with E-state index in [-0.39, 0.29) is 59.5 Å². The first-order valence-corrected chi connectivity index (χ1v) is 0. The third-order valence-electron chi connectivity index (χ3n) is 0. The van der Waals surface area contributed by atoms with E-state index in [1.165, 1.54) is 0 Å². The first-order valence-electron chi connectivity index (χ1n) is 0. The zero-order valence-electron chi connectivity index (χ0n) is 2.08. The second-order valence-corrected chi connectivity index (χ2v) is 0. The van der Waals surface area contributed by atoms with Gasteiger partial charge in [-0.1, -0.05) is 0 Å². The van der Waals surface area contributed by atoms with Crippen LogP contribution >= 0.6 is 59.5 Å². The van der Waals surface area contributed by atoms with Gasteiger partial charge in [0.15, 0.2) is 0 Å². The molecule has 0 spiro atoms. The molecule has 0 aromatic heterocycles. The molecule has 0 saturated carbocycles. The van der Waals surface area contributed by atoms with E-state index in [1.807, 2.05) is 0 Å². The minimum atomic E-state index is 0. The highest BCUT2D eigenvalue weighted by atomic mass is 35.5. The summed E-state index contributed by atoms with van der Waals surface area (Å²) in [4.78, 5) is 0. The van der Waals surface area contributed by atoms with Gasteiger partial charge in [-0.2, -0.15) is 0 Å². The average molecular weight is 177 g/mol. The van der Waals surface area contributed by atoms with Crippen molar-refractivity contribution in [1.82, 2.24) is 0 Å². The van der Waals surface area contributed by atoms with E-state index in [4.69, 9.17) is 0 Å². The van der Waals surface area contributed by atoms with Gasteiger partial charge in [-0.25, -0.2) is 0 Å². The van der Waals surface area contributed by atoms with Crippen LogP contribution < -0.4 is 0 Å². The minimum Gasteiger partial charge on any atom is -0.147 e. The van der Waals surface area contributed by atoms with E-state index >= 15 is 0 Å². The van der Waals surface area contributed by atoms with Crippen LogP contribution in [-0.4, -0.2) is 0 Å². The van der Waals surface area contributed by atoms with Crippen molar-refractivity contribution in [2.45, 2.75) is 0 Å². The fraction of sp³-hybridized carbons (Fsp3) is 0. The predicted molar refractivity (Wildman–Crippen MR) is 35.9 cm³/mol. The van der Waals surface area contributed by atoms with Gasteiger partial charge in [0.05, 0.1) is 0 Å². The van der Waals surface area contributed by atoms with Crippen LogP contribution in [0.2, 0.25) is 0 Å². The van der Waals surface area contributed by atoms with Gasteiger partial charge < -0.3 is 0 Å². The lowest BCUT2D eigenvalue weighted by atomic mass is 31.0. The molecule has 0 aliphatic carbocycles. The van der Waals surface area contributed by atoms with Crippen molar-refractivity contribution in [2.75, 3.05) is 0 Å². The molecule has 0 unspecified atom stereocenters. The summed E-state index contributed by atoms with van der Waals surface area (Å²) >= 11 is 0. The van der Waals surface area contributed by atoms with E-state index < -0.39 is 0 Å². The molecule has 0 fully saturated rings. The summed E-state index contributed by atoms with van der Waals surface area (Å²) < 4.78 is 0. The Balaban J connectivity index is 0. The minimum absolute atomic E-state index is 0. The van der Waals surface area contributed by atoms with Crippen molar-refractivity contribution in [2.24, 2.45) is 0 Å². The lowest BCUT2D eigenvalue weighted by molar-refractivity contribution is 5.85. The predicted octanol–water partition coefficient (Wildman–Crippen LogP) is 2.55. The monoisotopic (exact) mass is 175 g/mol. The summed E-state index contributed by atoms with van der Waals surface area (Å²) in [6.07, 6.45) is 0. The molecule has 0 N–H and O–H groups in total. The van der Waals surface area contributed by atoms with Crippen LogP contribution in [0.3, 0.4) is 0 Å². The van der Waals surface area contributed by atoms with Crippen molar-refractivity contribution in [3.63, 3.8) is 0 Å². The van der Waals surface area contributed by atoms with E-state index in [0.29, 0.717) is 0 Å². The molecular formula is H4Cl4P+. The molecule has 0 aliphatic heterocycles. The molecule has 0 aromatic carbocycles. The first kappa shape index (κ1) is 81.5. The molecule has 0 atom stereocenters. The fourth-order valence-electron chi connectivity index (χ4n) is 0. The lowest BCUT2D eigenvalue weighted by Crippen LogP contribution is 0.688. The molecule has 36 valence electrons. The average Bonchev–Trinajstić information content (AvgIpc) is 0. The molecule has 5 heteroatoms. The zero-order chi connectivity index (χ0) is 0. The maximum absolute atomic E-state index is 0. The molecule has 0 heterocycles. The number of hydrogen-bond donors (Lipinski definition) is 0. The summed E-state index contributed by atoms with van der Waals surface area (Å²) in [6.45, 7) is 0. The summed E-state index contributed by atoms with van der Waals surface area (Å²) in [5.74, 6) is 0. The zero-order valence-corrected chi connectivity index (χ0v) is 6.24. The van der Waals surface area contributed by atoms with Crippen LogP contribution in [0.4, 0.5) is 0 Å². The lowest BCUT2D eigenvalue weighted by Gasteiger charge is -0.148. The Morgan fingerprint density at radius 2 is 0.400 bits per heavy atom. The Kier molecular flexibility index (Phi) is 759. The Bertz CT molecular complexity index is 3.61. The summed E-state index contributed by atoms with van der Waals surface area (Å²) in [6, 6.07) is 0. The molecule has 0 saturated heterocycles. The van der Waals surface area contributed by atoms with Crippen molar-refractivity contribution < 1.29 is 0 Å². The van der Waals surface area contributed by atoms with Crippen LogP contribution in [0.5, 0.6) is 0 Å². The van der Waals surface area contributed by atoms with Crippen LogP contribution in [0.25, 0.3) is 0 Å². The second-order valence-electron chi connectivity index (χ2n) is 0. The van der Waals surface area contributed by atoms with Gasteiger partial charge in [-0.05, 0) is 0 Å². The smallest absolute Gasteiger partial charge is 0.147 e. The van der Waals surface area contributed by atoms with Crippen LogP contribution in [0.1, 0.15) is 0 Å². The van der Waals surface area contributed by atoms with E-state index in [2.05, 4.69) is 0 Å². The number of hydrogen-bond acceptors (Lipinski definition) is 0. The molecule has 0 rings (SSSR count).